The van der Waals surface area contributed by atoms with Crippen molar-refractivity contribution in [3.05, 3.63) is 0 Å². The highest BCUT2D eigenvalue weighted by Gasteiger charge is 2.10. The molecule has 0 aromatic heterocycles. The average Bonchev–Trinajstić information content (AvgIpc) is 2.13. The smallest absolute Gasteiger partial charge is 0.213 e. The Bertz CT molecular complexity index is 229. The van der Waals surface area contributed by atoms with Gasteiger partial charge in [-0.1, -0.05) is 6.92 Å². The van der Waals surface area contributed by atoms with Crippen LogP contribution >= 0.6 is 0 Å². The van der Waals surface area contributed by atoms with Gasteiger partial charge >= 0.3 is 0 Å². The molecule has 0 spiro atoms. The normalized spacial score (nSPS) is 14.2. The number of nitrogens with one attached hydrogen (secondary N) is 2. The molecule has 0 unspecified atom stereocenters. The Morgan fingerprint density at radius 2 is 2.07 bits per heavy atom. The van der Waals surface area contributed by atoms with Crippen LogP contribution in [0.4, 0.5) is 0 Å². The molecule has 0 bridgehead atoms. The monoisotopic (exact) mass is 224 g/mol. The molecule has 0 saturated heterocycles. The van der Waals surface area contributed by atoms with Gasteiger partial charge in [-0.25, -0.2) is 13.1 Å². The second kappa shape index (κ2) is 7.17. The van der Waals surface area contributed by atoms with Crippen LogP contribution in [0.25, 0.3) is 0 Å². The summed E-state index contributed by atoms with van der Waals surface area (Å²) in [5, 5.41) is 3.12. The van der Waals surface area contributed by atoms with Crippen LogP contribution in [0.5, 0.6) is 0 Å². The van der Waals surface area contributed by atoms with Gasteiger partial charge in [-0.3, -0.25) is 0 Å². The summed E-state index contributed by atoms with van der Waals surface area (Å²) < 4.78 is 29.8. The van der Waals surface area contributed by atoms with E-state index in [-0.39, 0.29) is 18.4 Å². The number of methoxy groups -OCH3 is 1. The minimum atomic E-state index is -3.17. The Labute approximate surface area is 86.3 Å². The summed E-state index contributed by atoms with van der Waals surface area (Å²) in [7, 11) is -1.69. The highest BCUT2D eigenvalue weighted by Crippen LogP contribution is 1.86. The third-order valence-corrected chi connectivity index (χ3v) is 3.03. The fourth-order valence-corrected chi connectivity index (χ4v) is 1.97. The fraction of sp³-hybridized carbons (Fsp3) is 1.00. The molecule has 0 aliphatic carbocycles. The number of hydrogen-bond donors (Lipinski definition) is 2. The van der Waals surface area contributed by atoms with Gasteiger partial charge in [-0.15, -0.1) is 0 Å². The minimum absolute atomic E-state index is 0.0162. The maximum absolute atomic E-state index is 11.3. The lowest BCUT2D eigenvalue weighted by Crippen LogP contribution is -2.40. The molecule has 0 aromatic rings. The quantitative estimate of drug-likeness (QED) is 0.586. The van der Waals surface area contributed by atoms with Crippen molar-refractivity contribution in [3.63, 3.8) is 0 Å². The van der Waals surface area contributed by atoms with Crippen molar-refractivity contribution in [1.82, 2.24) is 10.0 Å². The predicted molar refractivity (Wildman–Crippen MR) is 56.8 cm³/mol. The molecule has 0 amide bonds. The van der Waals surface area contributed by atoms with Gasteiger partial charge in [-0.05, 0) is 13.5 Å². The molecule has 0 fully saturated rings. The van der Waals surface area contributed by atoms with Crippen LogP contribution in [0.15, 0.2) is 0 Å². The van der Waals surface area contributed by atoms with Crippen LogP contribution in [0.2, 0.25) is 0 Å². The maximum Gasteiger partial charge on any atom is 0.213 e. The lowest BCUT2D eigenvalue weighted by Gasteiger charge is -2.13. The number of likely N-dealkylation sites (N-methyl/N-ethyl adjacent to an activating group) is 1. The second-order valence-electron chi connectivity index (χ2n) is 3.12. The molecule has 0 aliphatic heterocycles. The van der Waals surface area contributed by atoms with Crippen LogP contribution in [0.3, 0.4) is 0 Å². The van der Waals surface area contributed by atoms with Crippen LogP contribution in [-0.4, -0.2) is 47.0 Å². The van der Waals surface area contributed by atoms with Gasteiger partial charge in [0.15, 0.2) is 0 Å². The summed E-state index contributed by atoms with van der Waals surface area (Å²) in [4.78, 5) is 0. The molecule has 0 aliphatic rings. The topological polar surface area (TPSA) is 67.4 Å². The van der Waals surface area contributed by atoms with Crippen molar-refractivity contribution in [1.29, 1.82) is 0 Å². The Balaban J connectivity index is 3.75. The predicted octanol–water partition coefficient (Wildman–Crippen LogP) is -0.450. The number of ether oxygens (including phenoxy) is 1. The molecule has 1 atom stereocenters. The van der Waals surface area contributed by atoms with E-state index in [4.69, 9.17) is 4.74 Å². The molecule has 86 valence electrons. The molecule has 5 nitrogen and oxygen atoms in total. The molecule has 0 saturated carbocycles. The SMILES string of the molecule is CCN[C@H](C)CNS(=O)(=O)CCOC. The van der Waals surface area contributed by atoms with Gasteiger partial charge in [0.25, 0.3) is 0 Å². The Morgan fingerprint density at radius 1 is 1.43 bits per heavy atom. The first kappa shape index (κ1) is 13.8. The largest absolute Gasteiger partial charge is 0.384 e. The van der Waals surface area contributed by atoms with Gasteiger partial charge in [0.05, 0.1) is 12.4 Å². The summed E-state index contributed by atoms with van der Waals surface area (Å²) in [6.07, 6.45) is 0. The van der Waals surface area contributed by atoms with E-state index >= 15 is 0 Å². The maximum atomic E-state index is 11.3. The summed E-state index contributed by atoms with van der Waals surface area (Å²) in [6, 6.07) is 0.150. The summed E-state index contributed by atoms with van der Waals surface area (Å²) in [5.41, 5.74) is 0. The molecule has 0 rings (SSSR count). The third kappa shape index (κ3) is 7.25. The molecule has 0 aromatic carbocycles. The molecule has 2 N–H and O–H groups in total. The van der Waals surface area contributed by atoms with Gasteiger partial charge in [0.1, 0.15) is 0 Å². The van der Waals surface area contributed by atoms with Gasteiger partial charge < -0.3 is 10.1 Å². The van der Waals surface area contributed by atoms with E-state index in [0.717, 1.165) is 6.54 Å². The zero-order valence-corrected chi connectivity index (χ0v) is 9.86. The summed E-state index contributed by atoms with van der Waals surface area (Å²) >= 11 is 0. The fourth-order valence-electron chi connectivity index (χ4n) is 0.938. The molecular formula is C8H20N2O3S. The molecule has 14 heavy (non-hydrogen) atoms. The van der Waals surface area contributed by atoms with Crippen molar-refractivity contribution >= 4 is 10.0 Å². The average molecular weight is 224 g/mol. The van der Waals surface area contributed by atoms with Crippen LogP contribution in [0, 0.1) is 0 Å². The van der Waals surface area contributed by atoms with Crippen LogP contribution in [-0.2, 0) is 14.8 Å². The molecular weight excluding hydrogens is 204 g/mol. The van der Waals surface area contributed by atoms with Crippen molar-refractivity contribution < 1.29 is 13.2 Å². The zero-order valence-electron chi connectivity index (χ0n) is 9.04. The minimum Gasteiger partial charge on any atom is -0.384 e. The Morgan fingerprint density at radius 3 is 2.57 bits per heavy atom. The Kier molecular flexibility index (Phi) is 7.08. The van der Waals surface area contributed by atoms with Crippen molar-refractivity contribution in [3.8, 4) is 0 Å². The zero-order chi connectivity index (χ0) is 11.0. The number of rotatable bonds is 8. The van der Waals surface area contributed by atoms with Gasteiger partial charge in [-0.2, -0.15) is 0 Å². The Hall–Kier alpha value is -0.170. The van der Waals surface area contributed by atoms with E-state index in [2.05, 4.69) is 10.0 Å². The third-order valence-electron chi connectivity index (χ3n) is 1.72. The summed E-state index contributed by atoms with van der Waals surface area (Å²) in [5.74, 6) is 0.0162. The first-order chi connectivity index (χ1) is 6.52. The second-order valence-corrected chi connectivity index (χ2v) is 5.05. The highest BCUT2D eigenvalue weighted by atomic mass is 32.2. The van der Waals surface area contributed by atoms with Gasteiger partial charge in [0.2, 0.25) is 10.0 Å². The van der Waals surface area contributed by atoms with Crippen LogP contribution in [0.1, 0.15) is 13.8 Å². The van der Waals surface area contributed by atoms with E-state index in [1.54, 1.807) is 0 Å². The summed E-state index contributed by atoms with van der Waals surface area (Å²) in [6.45, 7) is 5.39. The number of hydrogen-bond acceptors (Lipinski definition) is 4. The lowest BCUT2D eigenvalue weighted by molar-refractivity contribution is 0.217. The van der Waals surface area contributed by atoms with E-state index in [0.29, 0.717) is 6.54 Å². The van der Waals surface area contributed by atoms with Crippen molar-refractivity contribution in [2.75, 3.05) is 32.6 Å². The van der Waals surface area contributed by atoms with E-state index in [1.807, 2.05) is 13.8 Å². The molecule has 0 heterocycles. The van der Waals surface area contributed by atoms with E-state index in [1.165, 1.54) is 7.11 Å². The molecule has 6 heteroatoms. The number of sulfonamides is 1. The first-order valence-corrected chi connectivity index (χ1v) is 6.36. The van der Waals surface area contributed by atoms with E-state index in [9.17, 15) is 8.42 Å². The molecule has 0 radical (unpaired) electrons. The van der Waals surface area contributed by atoms with Gasteiger partial charge in [0, 0.05) is 19.7 Å². The van der Waals surface area contributed by atoms with Crippen molar-refractivity contribution in [2.45, 2.75) is 19.9 Å². The standard InChI is InChI=1S/C8H20N2O3S/c1-4-9-8(2)7-10-14(11,12)6-5-13-3/h8-10H,4-7H2,1-3H3/t8-/m1/s1. The first-order valence-electron chi connectivity index (χ1n) is 4.71. The van der Waals surface area contributed by atoms with E-state index < -0.39 is 10.0 Å². The van der Waals surface area contributed by atoms with Crippen molar-refractivity contribution in [2.24, 2.45) is 0 Å². The highest BCUT2D eigenvalue weighted by molar-refractivity contribution is 7.89. The van der Waals surface area contributed by atoms with Crippen LogP contribution < -0.4 is 10.0 Å². The lowest BCUT2D eigenvalue weighted by atomic mass is 10.3.